The summed E-state index contributed by atoms with van der Waals surface area (Å²) in [6.07, 6.45) is 0. The van der Waals surface area contributed by atoms with Crippen LogP contribution in [0.2, 0.25) is 0 Å². The fraction of sp³-hybridized carbons (Fsp3) is 0.125. The van der Waals surface area contributed by atoms with Gasteiger partial charge in [0.25, 0.3) is 0 Å². The summed E-state index contributed by atoms with van der Waals surface area (Å²) in [5.41, 5.74) is 1.73. The number of hydrogen-bond acceptors (Lipinski definition) is 2. The average Bonchev–Trinajstić information content (AvgIpc) is 2.48. The van der Waals surface area contributed by atoms with Crippen LogP contribution in [0, 0.1) is 11.3 Å². The van der Waals surface area contributed by atoms with Crippen molar-refractivity contribution in [2.24, 2.45) is 0 Å². The van der Waals surface area contributed by atoms with E-state index in [1.807, 2.05) is 54.6 Å². The minimum Gasteiger partial charge on any atom is -0.351 e. The van der Waals surface area contributed by atoms with E-state index in [0.717, 1.165) is 11.1 Å². The van der Waals surface area contributed by atoms with E-state index in [9.17, 15) is 4.79 Å². The van der Waals surface area contributed by atoms with Crippen LogP contribution in [0.4, 0.5) is 0 Å². The van der Waals surface area contributed by atoms with Crippen molar-refractivity contribution in [2.75, 3.05) is 0 Å². The number of carbonyl (C=O) groups is 1. The number of carbonyl (C=O) groups excluding carboxylic acids is 1. The third kappa shape index (κ3) is 3.43. The molecule has 1 atom stereocenters. The largest absolute Gasteiger partial charge is 0.351 e. The third-order valence-corrected chi connectivity index (χ3v) is 2.83. The number of amides is 1. The monoisotopic (exact) mass is 250 g/mol. The molecule has 0 aliphatic rings. The second-order valence-electron chi connectivity index (χ2n) is 4.18. The Labute approximate surface area is 112 Å². The molecule has 2 aromatic carbocycles. The van der Waals surface area contributed by atoms with Crippen molar-refractivity contribution < 1.29 is 4.79 Å². The fourth-order valence-corrected chi connectivity index (χ4v) is 1.82. The Morgan fingerprint density at radius 3 is 2.21 bits per heavy atom. The standard InChI is InChI=1S/C16H14N2O/c17-11-15(14-9-5-2-6-10-14)16(19)18-12-13-7-3-1-4-8-13/h1-10,15H,12H2,(H,18,19). The Morgan fingerprint density at radius 2 is 1.63 bits per heavy atom. The molecule has 0 fully saturated rings. The van der Waals surface area contributed by atoms with Crippen LogP contribution in [-0.4, -0.2) is 5.91 Å². The van der Waals surface area contributed by atoms with Crippen LogP contribution in [0.3, 0.4) is 0 Å². The van der Waals surface area contributed by atoms with Gasteiger partial charge in [0.2, 0.25) is 5.91 Å². The second kappa shape index (κ2) is 6.36. The van der Waals surface area contributed by atoms with E-state index in [1.54, 1.807) is 12.1 Å². The van der Waals surface area contributed by atoms with Gasteiger partial charge >= 0.3 is 0 Å². The minimum absolute atomic E-state index is 0.266. The summed E-state index contributed by atoms with van der Waals surface area (Å²) >= 11 is 0. The number of nitriles is 1. The van der Waals surface area contributed by atoms with Gasteiger partial charge in [-0.25, -0.2) is 0 Å². The maximum atomic E-state index is 12.0. The van der Waals surface area contributed by atoms with Gasteiger partial charge < -0.3 is 5.32 Å². The first-order valence-corrected chi connectivity index (χ1v) is 6.07. The SMILES string of the molecule is N#CC(C(=O)NCc1ccccc1)c1ccccc1. The molecule has 3 heteroatoms. The van der Waals surface area contributed by atoms with Crippen molar-refractivity contribution >= 4 is 5.91 Å². The van der Waals surface area contributed by atoms with Gasteiger partial charge in [0.15, 0.2) is 0 Å². The van der Waals surface area contributed by atoms with Crippen LogP contribution >= 0.6 is 0 Å². The van der Waals surface area contributed by atoms with E-state index in [-0.39, 0.29) is 5.91 Å². The van der Waals surface area contributed by atoms with Crippen molar-refractivity contribution in [2.45, 2.75) is 12.5 Å². The summed E-state index contributed by atoms with van der Waals surface area (Å²) in [5.74, 6) is -1.03. The van der Waals surface area contributed by atoms with Crippen molar-refractivity contribution in [1.82, 2.24) is 5.32 Å². The van der Waals surface area contributed by atoms with Crippen molar-refractivity contribution in [3.63, 3.8) is 0 Å². The second-order valence-corrected chi connectivity index (χ2v) is 4.18. The Balaban J connectivity index is 2.01. The van der Waals surface area contributed by atoms with Gasteiger partial charge in [-0.2, -0.15) is 5.26 Å². The molecular formula is C16H14N2O. The molecule has 2 aromatic rings. The molecule has 94 valence electrons. The van der Waals surface area contributed by atoms with E-state index in [0.29, 0.717) is 6.54 Å². The highest BCUT2D eigenvalue weighted by atomic mass is 16.1. The number of hydrogen-bond donors (Lipinski definition) is 1. The normalized spacial score (nSPS) is 11.3. The predicted octanol–water partition coefficient (Wildman–Crippen LogP) is 2.61. The van der Waals surface area contributed by atoms with Gasteiger partial charge in [-0.1, -0.05) is 60.7 Å². The Kier molecular flexibility index (Phi) is 4.30. The number of rotatable bonds is 4. The van der Waals surface area contributed by atoms with Gasteiger partial charge in [-0.05, 0) is 11.1 Å². The summed E-state index contributed by atoms with van der Waals surface area (Å²) in [5, 5.41) is 11.9. The van der Waals surface area contributed by atoms with E-state index < -0.39 is 5.92 Å². The van der Waals surface area contributed by atoms with Crippen LogP contribution in [0.1, 0.15) is 17.0 Å². The summed E-state index contributed by atoms with van der Waals surface area (Å²) in [4.78, 5) is 12.0. The molecule has 0 saturated carbocycles. The zero-order valence-electron chi connectivity index (χ0n) is 10.4. The zero-order valence-corrected chi connectivity index (χ0v) is 10.4. The Hall–Kier alpha value is -2.60. The molecule has 0 aliphatic heterocycles. The first-order valence-electron chi connectivity index (χ1n) is 6.07. The highest BCUT2D eigenvalue weighted by molar-refractivity contribution is 5.86. The Morgan fingerprint density at radius 1 is 1.05 bits per heavy atom. The van der Waals surface area contributed by atoms with Crippen molar-refractivity contribution in [3.05, 3.63) is 71.8 Å². The maximum Gasteiger partial charge on any atom is 0.242 e. The van der Waals surface area contributed by atoms with Gasteiger partial charge in [0.1, 0.15) is 5.92 Å². The Bertz CT molecular complexity index is 573. The molecule has 1 amide bonds. The molecule has 0 spiro atoms. The highest BCUT2D eigenvalue weighted by Gasteiger charge is 2.19. The molecule has 0 radical (unpaired) electrons. The van der Waals surface area contributed by atoms with Crippen LogP contribution in [0.25, 0.3) is 0 Å². The van der Waals surface area contributed by atoms with Crippen molar-refractivity contribution in [1.29, 1.82) is 5.26 Å². The molecule has 2 rings (SSSR count). The molecule has 1 N–H and O–H groups in total. The third-order valence-electron chi connectivity index (χ3n) is 2.83. The van der Waals surface area contributed by atoms with Crippen LogP contribution < -0.4 is 5.32 Å². The highest BCUT2D eigenvalue weighted by Crippen LogP contribution is 2.14. The lowest BCUT2D eigenvalue weighted by atomic mass is 10.00. The predicted molar refractivity (Wildman–Crippen MR) is 73.1 cm³/mol. The quantitative estimate of drug-likeness (QED) is 0.906. The van der Waals surface area contributed by atoms with E-state index in [2.05, 4.69) is 5.32 Å². The molecule has 0 bridgehead atoms. The lowest BCUT2D eigenvalue weighted by Gasteiger charge is -2.10. The topological polar surface area (TPSA) is 52.9 Å². The van der Waals surface area contributed by atoms with Gasteiger partial charge in [-0.3, -0.25) is 4.79 Å². The van der Waals surface area contributed by atoms with Crippen LogP contribution in [0.15, 0.2) is 60.7 Å². The average molecular weight is 250 g/mol. The van der Waals surface area contributed by atoms with E-state index in [4.69, 9.17) is 5.26 Å². The molecule has 0 heterocycles. The summed E-state index contributed by atoms with van der Waals surface area (Å²) in [6, 6.07) is 20.8. The lowest BCUT2D eigenvalue weighted by Crippen LogP contribution is -2.28. The molecule has 0 saturated heterocycles. The first kappa shape index (κ1) is 12.8. The molecule has 3 nitrogen and oxygen atoms in total. The molecule has 0 aliphatic carbocycles. The van der Waals surface area contributed by atoms with E-state index in [1.165, 1.54) is 0 Å². The lowest BCUT2D eigenvalue weighted by molar-refractivity contribution is -0.121. The molecule has 1 unspecified atom stereocenters. The van der Waals surface area contributed by atoms with E-state index >= 15 is 0 Å². The fourth-order valence-electron chi connectivity index (χ4n) is 1.82. The minimum atomic E-state index is -0.759. The summed E-state index contributed by atoms with van der Waals surface area (Å²) in [6.45, 7) is 0.435. The first-order chi connectivity index (χ1) is 9.31. The summed E-state index contributed by atoms with van der Waals surface area (Å²) in [7, 11) is 0. The molecular weight excluding hydrogens is 236 g/mol. The van der Waals surface area contributed by atoms with Gasteiger partial charge in [0, 0.05) is 6.54 Å². The van der Waals surface area contributed by atoms with Gasteiger partial charge in [-0.15, -0.1) is 0 Å². The number of nitrogens with one attached hydrogen (secondary N) is 1. The van der Waals surface area contributed by atoms with Crippen molar-refractivity contribution in [3.8, 4) is 6.07 Å². The van der Waals surface area contributed by atoms with Crippen LogP contribution in [-0.2, 0) is 11.3 Å². The summed E-state index contributed by atoms with van der Waals surface area (Å²) < 4.78 is 0. The maximum absolute atomic E-state index is 12.0. The smallest absolute Gasteiger partial charge is 0.242 e. The van der Waals surface area contributed by atoms with Crippen LogP contribution in [0.5, 0.6) is 0 Å². The van der Waals surface area contributed by atoms with Gasteiger partial charge in [0.05, 0.1) is 6.07 Å². The number of benzene rings is 2. The number of nitrogens with zero attached hydrogens (tertiary/aromatic N) is 1. The molecule has 19 heavy (non-hydrogen) atoms. The zero-order chi connectivity index (χ0) is 13.5. The molecule has 0 aromatic heterocycles.